The fourth-order valence-electron chi connectivity index (χ4n) is 3.67. The average molecular weight is 348 g/mol. The number of nitrogens with one attached hydrogen (secondary N) is 1. The van der Waals surface area contributed by atoms with Crippen LogP contribution in [0.15, 0.2) is 42.5 Å². The molecular weight excluding hydrogens is 328 g/mol. The maximum absolute atomic E-state index is 12.6. The Kier molecular flexibility index (Phi) is 4.29. The van der Waals surface area contributed by atoms with Crippen molar-refractivity contribution in [2.75, 3.05) is 0 Å². The number of Topliss-reactive ketones (excluding diaryl/α,β-unsaturated/α-hetero) is 1. The second-order valence-corrected chi connectivity index (χ2v) is 6.90. The molecule has 2 aromatic carbocycles. The fourth-order valence-corrected chi connectivity index (χ4v) is 3.67. The van der Waals surface area contributed by atoms with Crippen LogP contribution < -0.4 is 0 Å². The van der Waals surface area contributed by atoms with E-state index in [1.807, 2.05) is 24.3 Å². The maximum Gasteiger partial charge on any atom is 0.335 e. The molecule has 5 heteroatoms. The zero-order valence-corrected chi connectivity index (χ0v) is 14.4. The number of ketones is 1. The van der Waals surface area contributed by atoms with E-state index in [1.54, 1.807) is 18.2 Å². The first-order valence-corrected chi connectivity index (χ1v) is 8.99. The Bertz CT molecular complexity index is 967. The summed E-state index contributed by atoms with van der Waals surface area (Å²) in [6.45, 7) is 0. The van der Waals surface area contributed by atoms with Crippen molar-refractivity contribution < 1.29 is 14.7 Å². The number of hydrogen-bond donors (Lipinski definition) is 2. The summed E-state index contributed by atoms with van der Waals surface area (Å²) in [6, 6.07) is 12.3. The highest BCUT2D eigenvalue weighted by Crippen LogP contribution is 2.28. The zero-order chi connectivity index (χ0) is 18.1. The predicted octanol–water partition coefficient (Wildman–Crippen LogP) is 4.69. The molecule has 132 valence electrons. The third-order valence-corrected chi connectivity index (χ3v) is 5.15. The number of hydrogen-bond acceptors (Lipinski definition) is 3. The highest BCUT2D eigenvalue weighted by molar-refractivity contribution is 5.98. The van der Waals surface area contributed by atoms with Crippen LogP contribution in [0.2, 0.25) is 0 Å². The minimum atomic E-state index is -0.964. The summed E-state index contributed by atoms with van der Waals surface area (Å²) in [6.07, 6.45) is 5.52. The number of carboxylic acid groups (broad SMARTS) is 1. The molecule has 1 saturated carbocycles. The lowest BCUT2D eigenvalue weighted by Gasteiger charge is -2.20. The molecule has 1 aromatic heterocycles. The minimum absolute atomic E-state index is 0.162. The quantitative estimate of drug-likeness (QED) is 0.670. The molecular formula is C21H20N2O3. The number of carboxylic acids is 1. The van der Waals surface area contributed by atoms with Gasteiger partial charge in [0.2, 0.25) is 0 Å². The molecule has 0 unspecified atom stereocenters. The van der Waals surface area contributed by atoms with Gasteiger partial charge in [0.25, 0.3) is 0 Å². The molecule has 0 amide bonds. The smallest absolute Gasteiger partial charge is 0.335 e. The van der Waals surface area contributed by atoms with Gasteiger partial charge in [-0.2, -0.15) is 0 Å². The van der Waals surface area contributed by atoms with Crippen LogP contribution >= 0.6 is 0 Å². The van der Waals surface area contributed by atoms with Gasteiger partial charge < -0.3 is 10.1 Å². The van der Waals surface area contributed by atoms with Crippen LogP contribution in [0, 0.1) is 5.92 Å². The van der Waals surface area contributed by atoms with E-state index in [0.717, 1.165) is 36.8 Å². The standard InChI is InChI=1S/C21H20N2O3/c24-19(13-4-2-1-3-5-13)14-6-8-15(9-7-14)20-22-17-11-10-16(21(25)26)12-18(17)23-20/h6-13H,1-5H2,(H,22,23)(H,25,26). The topological polar surface area (TPSA) is 83.0 Å². The number of nitrogens with zero attached hydrogens (tertiary/aromatic N) is 1. The second-order valence-electron chi connectivity index (χ2n) is 6.90. The molecule has 5 nitrogen and oxygen atoms in total. The molecule has 1 aliphatic carbocycles. The molecule has 1 fully saturated rings. The predicted molar refractivity (Wildman–Crippen MR) is 99.4 cm³/mol. The summed E-state index contributed by atoms with van der Waals surface area (Å²) >= 11 is 0. The summed E-state index contributed by atoms with van der Waals surface area (Å²) in [5, 5.41) is 9.09. The van der Waals surface area contributed by atoms with Crippen LogP contribution in [-0.4, -0.2) is 26.8 Å². The number of H-pyrrole nitrogens is 1. The van der Waals surface area contributed by atoms with E-state index >= 15 is 0 Å². The zero-order valence-electron chi connectivity index (χ0n) is 14.4. The monoisotopic (exact) mass is 348 g/mol. The lowest BCUT2D eigenvalue weighted by Crippen LogP contribution is -2.17. The Hall–Kier alpha value is -2.95. The molecule has 0 atom stereocenters. The first-order chi connectivity index (χ1) is 12.6. The lowest BCUT2D eigenvalue weighted by molar-refractivity contribution is 0.0696. The van der Waals surface area contributed by atoms with Crippen molar-refractivity contribution in [3.8, 4) is 11.4 Å². The molecule has 26 heavy (non-hydrogen) atoms. The van der Waals surface area contributed by atoms with Crippen LogP contribution in [0.3, 0.4) is 0 Å². The van der Waals surface area contributed by atoms with Crippen LogP contribution in [0.5, 0.6) is 0 Å². The van der Waals surface area contributed by atoms with Gasteiger partial charge in [0, 0.05) is 17.0 Å². The van der Waals surface area contributed by atoms with Crippen LogP contribution in [-0.2, 0) is 0 Å². The normalized spacial score (nSPS) is 15.2. The Morgan fingerprint density at radius 2 is 1.65 bits per heavy atom. The Morgan fingerprint density at radius 1 is 0.962 bits per heavy atom. The number of rotatable bonds is 4. The molecule has 0 saturated heterocycles. The number of aromatic carboxylic acids is 1. The lowest BCUT2D eigenvalue weighted by atomic mass is 9.84. The van der Waals surface area contributed by atoms with Gasteiger partial charge in [0.05, 0.1) is 16.6 Å². The van der Waals surface area contributed by atoms with Crippen LogP contribution in [0.25, 0.3) is 22.4 Å². The third kappa shape index (κ3) is 3.12. The van der Waals surface area contributed by atoms with Gasteiger partial charge in [-0.25, -0.2) is 9.78 Å². The number of fused-ring (bicyclic) bond motifs is 1. The minimum Gasteiger partial charge on any atom is -0.478 e. The number of imidazole rings is 1. The summed E-state index contributed by atoms with van der Waals surface area (Å²) in [7, 11) is 0. The van der Waals surface area contributed by atoms with Gasteiger partial charge in [-0.1, -0.05) is 43.5 Å². The van der Waals surface area contributed by atoms with Gasteiger partial charge in [0.1, 0.15) is 5.82 Å². The van der Waals surface area contributed by atoms with Crippen molar-refractivity contribution >= 4 is 22.8 Å². The van der Waals surface area contributed by atoms with E-state index < -0.39 is 5.97 Å². The van der Waals surface area contributed by atoms with Gasteiger partial charge in [-0.15, -0.1) is 0 Å². The summed E-state index contributed by atoms with van der Waals surface area (Å²) < 4.78 is 0. The molecule has 1 aliphatic rings. The third-order valence-electron chi connectivity index (χ3n) is 5.15. The molecule has 0 radical (unpaired) electrons. The Balaban J connectivity index is 1.59. The van der Waals surface area contributed by atoms with Crippen LogP contribution in [0.4, 0.5) is 0 Å². The SMILES string of the molecule is O=C(O)c1ccc2nc(-c3ccc(C(=O)C4CCCCC4)cc3)[nH]c2c1. The number of carbonyl (C=O) groups excluding carboxylic acids is 1. The van der Waals surface area contributed by atoms with Gasteiger partial charge >= 0.3 is 5.97 Å². The Labute approximate surface area is 151 Å². The number of carbonyl (C=O) groups is 2. The molecule has 0 spiro atoms. The number of aromatic nitrogens is 2. The molecule has 0 bridgehead atoms. The maximum atomic E-state index is 12.6. The molecule has 2 N–H and O–H groups in total. The van der Waals surface area contributed by atoms with Crippen molar-refractivity contribution in [3.63, 3.8) is 0 Å². The van der Waals surface area contributed by atoms with E-state index in [4.69, 9.17) is 5.11 Å². The van der Waals surface area contributed by atoms with Gasteiger partial charge in [-0.3, -0.25) is 4.79 Å². The molecule has 0 aliphatic heterocycles. The molecule has 4 rings (SSSR count). The van der Waals surface area contributed by atoms with E-state index in [0.29, 0.717) is 16.9 Å². The summed E-state index contributed by atoms with van der Waals surface area (Å²) in [4.78, 5) is 31.4. The second kappa shape index (κ2) is 6.75. The average Bonchev–Trinajstić information content (AvgIpc) is 3.11. The van der Waals surface area contributed by atoms with Crippen LogP contribution in [0.1, 0.15) is 52.8 Å². The van der Waals surface area contributed by atoms with Crippen molar-refractivity contribution in [1.82, 2.24) is 9.97 Å². The molecule has 1 heterocycles. The largest absolute Gasteiger partial charge is 0.478 e. The van der Waals surface area contributed by atoms with Gasteiger partial charge in [0.15, 0.2) is 5.78 Å². The van der Waals surface area contributed by atoms with E-state index in [2.05, 4.69) is 9.97 Å². The highest BCUT2D eigenvalue weighted by atomic mass is 16.4. The number of aromatic amines is 1. The van der Waals surface area contributed by atoms with Crippen molar-refractivity contribution in [1.29, 1.82) is 0 Å². The highest BCUT2D eigenvalue weighted by Gasteiger charge is 2.22. The van der Waals surface area contributed by atoms with Crippen molar-refractivity contribution in [2.45, 2.75) is 32.1 Å². The fraction of sp³-hybridized carbons (Fsp3) is 0.286. The first-order valence-electron chi connectivity index (χ1n) is 8.99. The first kappa shape index (κ1) is 16.5. The van der Waals surface area contributed by atoms with E-state index in [-0.39, 0.29) is 17.3 Å². The summed E-state index contributed by atoms with van der Waals surface area (Å²) in [5.74, 6) is 0.107. The van der Waals surface area contributed by atoms with Gasteiger partial charge in [-0.05, 0) is 31.0 Å². The van der Waals surface area contributed by atoms with E-state index in [9.17, 15) is 9.59 Å². The Morgan fingerprint density at radius 3 is 2.35 bits per heavy atom. The van der Waals surface area contributed by atoms with Crippen molar-refractivity contribution in [2.24, 2.45) is 5.92 Å². The summed E-state index contributed by atoms with van der Waals surface area (Å²) in [5.41, 5.74) is 3.25. The molecule has 3 aromatic rings. The van der Waals surface area contributed by atoms with Crippen molar-refractivity contribution in [3.05, 3.63) is 53.6 Å². The van der Waals surface area contributed by atoms with E-state index in [1.165, 1.54) is 6.42 Å². The number of benzene rings is 2.